The Morgan fingerprint density at radius 1 is 0.947 bits per heavy atom. The Labute approximate surface area is 115 Å². The molecule has 0 radical (unpaired) electrons. The van der Waals surface area contributed by atoms with Gasteiger partial charge in [-0.2, -0.15) is 0 Å². The van der Waals surface area contributed by atoms with E-state index in [0.717, 1.165) is 0 Å². The molecule has 9 heteroatoms. The number of hydrogen-bond donors (Lipinski definition) is 1. The molecule has 1 rings (SSSR count). The third-order valence-electron chi connectivity index (χ3n) is 2.64. The molecule has 116 valence electrons. The Bertz CT molecular complexity index is 389. The molecule has 1 fully saturated rings. The summed E-state index contributed by atoms with van der Waals surface area (Å²) >= 11 is 0. The first-order valence-corrected chi connectivity index (χ1v) is 12.8. The summed E-state index contributed by atoms with van der Waals surface area (Å²) in [5.74, 6) is 0. The summed E-state index contributed by atoms with van der Waals surface area (Å²) in [5, 5.41) is 0. The molecule has 0 aliphatic carbocycles. The molecule has 0 saturated carbocycles. The van der Waals surface area contributed by atoms with Crippen molar-refractivity contribution in [2.75, 3.05) is 25.2 Å². The molecule has 2 atom stereocenters. The predicted octanol–water partition coefficient (Wildman–Crippen LogP) is 4.59. The topological polar surface area (TPSA) is 82.1 Å². The molecule has 1 N–H and O–H groups in total. The van der Waals surface area contributed by atoms with E-state index in [4.69, 9.17) is 12.9 Å². The van der Waals surface area contributed by atoms with Crippen molar-refractivity contribution in [3.05, 3.63) is 0 Å². The van der Waals surface area contributed by atoms with Crippen LogP contribution in [0.15, 0.2) is 0 Å². The zero-order valence-electron chi connectivity index (χ0n) is 12.1. The van der Waals surface area contributed by atoms with E-state index in [9.17, 15) is 14.0 Å². The zero-order valence-corrected chi connectivity index (χ0v) is 14.8. The molecule has 0 bridgehead atoms. The second-order valence-electron chi connectivity index (χ2n) is 5.16. The summed E-state index contributed by atoms with van der Waals surface area (Å²) in [4.78, 5) is 10.7. The van der Waals surface area contributed by atoms with Crippen LogP contribution in [0.5, 0.6) is 0 Å². The fraction of sp³-hybridized carbons (Fsp3) is 1.00. The van der Waals surface area contributed by atoms with Gasteiger partial charge in [-0.1, -0.05) is 0 Å². The fourth-order valence-corrected chi connectivity index (χ4v) is 14.0. The average Bonchev–Trinajstić information content (AvgIpc) is 2.12. The van der Waals surface area contributed by atoms with Gasteiger partial charge in [-0.25, -0.2) is 0 Å². The van der Waals surface area contributed by atoms with Gasteiger partial charge in [0.15, 0.2) is 0 Å². The second kappa shape index (κ2) is 5.85. The van der Waals surface area contributed by atoms with E-state index < -0.39 is 22.5 Å². The second-order valence-corrected chi connectivity index (χ2v) is 13.9. The quantitative estimate of drug-likeness (QED) is 0.716. The SMILES string of the molecule is CCCP1(=O)OP(=O)(CCC)OP(C)(O)(CCC)O1. The summed E-state index contributed by atoms with van der Waals surface area (Å²) in [5.41, 5.74) is 0. The van der Waals surface area contributed by atoms with Crippen LogP contribution in [0.2, 0.25) is 0 Å². The van der Waals surface area contributed by atoms with Crippen LogP contribution >= 0.6 is 22.5 Å². The first-order chi connectivity index (χ1) is 8.59. The van der Waals surface area contributed by atoms with Gasteiger partial charge in [-0.3, -0.25) is 0 Å². The average molecular weight is 334 g/mol. The standard InChI is InChI=1S/C10H25O6P3/c1-5-8-17(11)14-18(12,9-6-2)16-19(4,13,15-17)10-7-3/h13H,5-10H2,1-4H3. The van der Waals surface area contributed by atoms with Crippen molar-refractivity contribution < 1.29 is 27.0 Å². The van der Waals surface area contributed by atoms with E-state index in [1.807, 2.05) is 20.8 Å². The third-order valence-corrected chi connectivity index (χ3v) is 13.4. The molecule has 19 heavy (non-hydrogen) atoms. The predicted molar refractivity (Wildman–Crippen MR) is 79.0 cm³/mol. The maximum absolute atomic E-state index is 12.6. The Hall–Kier alpha value is 0.730. The van der Waals surface area contributed by atoms with Crippen LogP contribution in [0.1, 0.15) is 40.0 Å². The fourth-order valence-electron chi connectivity index (χ4n) is 2.17. The van der Waals surface area contributed by atoms with Gasteiger partial charge in [0.1, 0.15) is 0 Å². The van der Waals surface area contributed by atoms with Crippen LogP contribution in [-0.4, -0.2) is 30.0 Å². The molecule has 0 spiro atoms. The van der Waals surface area contributed by atoms with Crippen LogP contribution in [-0.2, 0) is 22.1 Å². The molecule has 0 amide bonds. The number of hydrogen-bond acceptors (Lipinski definition) is 6. The van der Waals surface area contributed by atoms with Crippen molar-refractivity contribution >= 4 is 22.5 Å². The van der Waals surface area contributed by atoms with Crippen molar-refractivity contribution in [1.82, 2.24) is 0 Å². The van der Waals surface area contributed by atoms with Crippen molar-refractivity contribution in [3.63, 3.8) is 0 Å². The molecule has 2 unspecified atom stereocenters. The minimum atomic E-state index is -4.11. The maximum atomic E-state index is 12.6. The van der Waals surface area contributed by atoms with E-state index in [1.54, 1.807) is 0 Å². The molecular weight excluding hydrogens is 309 g/mol. The summed E-state index contributed by atoms with van der Waals surface area (Å²) in [6.45, 7) is 6.91. The molecule has 1 saturated heterocycles. The summed E-state index contributed by atoms with van der Waals surface area (Å²) in [6.07, 6.45) is 2.18. The molecule has 0 aromatic carbocycles. The molecule has 6 nitrogen and oxygen atoms in total. The van der Waals surface area contributed by atoms with E-state index in [1.165, 1.54) is 6.66 Å². The first kappa shape index (κ1) is 17.8. The summed E-state index contributed by atoms with van der Waals surface area (Å²) in [7, 11) is -11.2. The summed E-state index contributed by atoms with van der Waals surface area (Å²) in [6, 6.07) is 0. The molecule has 0 aromatic heterocycles. The number of rotatable bonds is 6. The van der Waals surface area contributed by atoms with Gasteiger partial charge in [-0.05, 0) is 0 Å². The van der Waals surface area contributed by atoms with Crippen LogP contribution < -0.4 is 0 Å². The third kappa shape index (κ3) is 4.61. The van der Waals surface area contributed by atoms with Gasteiger partial charge in [0, 0.05) is 0 Å². The molecule has 0 aromatic rings. The zero-order chi connectivity index (χ0) is 14.8. The molecular formula is C10H25O6P3. The Kier molecular flexibility index (Phi) is 5.47. The van der Waals surface area contributed by atoms with E-state index in [0.29, 0.717) is 19.3 Å². The van der Waals surface area contributed by atoms with Crippen molar-refractivity contribution in [1.29, 1.82) is 0 Å². The Balaban J connectivity index is 3.17. The molecule has 1 aliphatic rings. The Morgan fingerprint density at radius 2 is 1.37 bits per heavy atom. The van der Waals surface area contributed by atoms with Crippen LogP contribution in [0.3, 0.4) is 0 Å². The molecule has 1 aliphatic heterocycles. The normalized spacial score (nSPS) is 39.3. The van der Waals surface area contributed by atoms with E-state index in [-0.39, 0.29) is 18.5 Å². The van der Waals surface area contributed by atoms with Gasteiger partial charge in [0.2, 0.25) is 0 Å². The van der Waals surface area contributed by atoms with Gasteiger partial charge in [0.25, 0.3) is 0 Å². The minimum absolute atomic E-state index is 0.139. The summed E-state index contributed by atoms with van der Waals surface area (Å²) < 4.78 is 41.2. The van der Waals surface area contributed by atoms with Gasteiger partial charge in [-0.15, -0.1) is 0 Å². The van der Waals surface area contributed by atoms with Crippen molar-refractivity contribution in [3.8, 4) is 0 Å². The van der Waals surface area contributed by atoms with Gasteiger partial charge < -0.3 is 0 Å². The molecule has 1 heterocycles. The monoisotopic (exact) mass is 334 g/mol. The first-order valence-electron chi connectivity index (χ1n) is 6.68. The Morgan fingerprint density at radius 3 is 1.68 bits per heavy atom. The van der Waals surface area contributed by atoms with Crippen molar-refractivity contribution in [2.24, 2.45) is 0 Å². The van der Waals surface area contributed by atoms with Crippen LogP contribution in [0, 0.1) is 0 Å². The van der Waals surface area contributed by atoms with Crippen LogP contribution in [0.4, 0.5) is 0 Å². The van der Waals surface area contributed by atoms with E-state index >= 15 is 0 Å². The van der Waals surface area contributed by atoms with Crippen LogP contribution in [0.25, 0.3) is 0 Å². The van der Waals surface area contributed by atoms with Crippen molar-refractivity contribution in [2.45, 2.75) is 40.0 Å². The van der Waals surface area contributed by atoms with E-state index in [2.05, 4.69) is 0 Å². The van der Waals surface area contributed by atoms with Gasteiger partial charge in [0.05, 0.1) is 0 Å². The van der Waals surface area contributed by atoms with Gasteiger partial charge >= 0.3 is 115 Å².